The monoisotopic (exact) mass is 444 g/mol. The lowest BCUT2D eigenvalue weighted by atomic mass is 9.94. The lowest BCUT2D eigenvalue weighted by Crippen LogP contribution is -2.27. The summed E-state index contributed by atoms with van der Waals surface area (Å²) in [5.41, 5.74) is 8.38. The third-order valence-corrected chi connectivity index (χ3v) is 5.08. The lowest BCUT2D eigenvalue weighted by molar-refractivity contribution is -0.535. The molecule has 11 heteroatoms. The number of nitro groups is 2. The van der Waals surface area contributed by atoms with Crippen LogP contribution < -0.4 is 11.1 Å². The number of ether oxygens (including phenoxy) is 1. The van der Waals surface area contributed by atoms with Crippen LogP contribution in [0.2, 0.25) is 0 Å². The third kappa shape index (κ3) is 5.78. The maximum absolute atomic E-state index is 11.4. The van der Waals surface area contributed by atoms with Gasteiger partial charge in [0, 0.05) is 39.9 Å². The molecule has 2 aromatic carbocycles. The Morgan fingerprint density at radius 1 is 1.19 bits per heavy atom. The van der Waals surface area contributed by atoms with Crippen molar-refractivity contribution in [2.75, 3.05) is 18.2 Å². The fraction of sp³-hybridized carbons (Fsp3) is 0.333. The first-order valence-corrected chi connectivity index (χ1v) is 9.70. The van der Waals surface area contributed by atoms with Crippen molar-refractivity contribution in [3.63, 3.8) is 0 Å². The van der Waals surface area contributed by atoms with Crippen molar-refractivity contribution in [3.8, 4) is 0 Å². The van der Waals surface area contributed by atoms with Crippen molar-refractivity contribution < 1.29 is 24.2 Å². The molecule has 170 valence electrons. The minimum Gasteiger partial charge on any atom is -0.469 e. The molecular weight excluding hydrogens is 420 g/mol. The SMILES string of the molecule is CC1Cc2ccc(N)cc2NC1=O.COC(=O)C(C)C(c1ccc([N+](=O)[O-])cc1)[N+](=O)[O-]. The molecule has 0 spiro atoms. The number of non-ortho nitro benzene ring substituents is 1. The molecule has 1 aliphatic rings. The molecule has 0 aromatic heterocycles. The van der Waals surface area contributed by atoms with Crippen molar-refractivity contribution >= 4 is 28.9 Å². The molecule has 1 heterocycles. The van der Waals surface area contributed by atoms with Crippen molar-refractivity contribution in [2.24, 2.45) is 11.8 Å². The largest absolute Gasteiger partial charge is 0.469 e. The topological polar surface area (TPSA) is 168 Å². The normalized spacial score (nSPS) is 16.3. The number of hydrogen-bond donors (Lipinski definition) is 2. The van der Waals surface area contributed by atoms with Crippen LogP contribution in [0.3, 0.4) is 0 Å². The van der Waals surface area contributed by atoms with Gasteiger partial charge in [-0.05, 0) is 43.2 Å². The Bertz CT molecular complexity index is 1020. The van der Waals surface area contributed by atoms with Crippen molar-refractivity contribution in [1.29, 1.82) is 0 Å². The van der Waals surface area contributed by atoms with Crippen LogP contribution in [0.4, 0.5) is 17.1 Å². The van der Waals surface area contributed by atoms with Crippen LogP contribution >= 0.6 is 0 Å². The van der Waals surface area contributed by atoms with Gasteiger partial charge in [-0.2, -0.15) is 0 Å². The lowest BCUT2D eigenvalue weighted by Gasteiger charge is -2.21. The predicted molar refractivity (Wildman–Crippen MR) is 116 cm³/mol. The number of benzene rings is 2. The van der Waals surface area contributed by atoms with Gasteiger partial charge in [0.2, 0.25) is 5.91 Å². The van der Waals surface area contributed by atoms with E-state index in [0.717, 1.165) is 31.4 Å². The smallest absolute Gasteiger partial charge is 0.315 e. The summed E-state index contributed by atoms with van der Waals surface area (Å²) >= 11 is 0. The number of nitrogens with two attached hydrogens (primary N) is 1. The van der Waals surface area contributed by atoms with Crippen LogP contribution in [0.25, 0.3) is 0 Å². The zero-order valence-corrected chi connectivity index (χ0v) is 17.8. The summed E-state index contributed by atoms with van der Waals surface area (Å²) in [5.74, 6) is -1.55. The molecule has 0 saturated heterocycles. The minimum absolute atomic E-state index is 0.0659. The zero-order chi connectivity index (χ0) is 24.0. The molecule has 0 aliphatic carbocycles. The Balaban J connectivity index is 0.000000242. The number of rotatable bonds is 5. The maximum Gasteiger partial charge on any atom is 0.315 e. The van der Waals surface area contributed by atoms with E-state index in [1.54, 1.807) is 6.07 Å². The Kier molecular flexibility index (Phi) is 7.83. The first kappa shape index (κ1) is 24.3. The highest BCUT2D eigenvalue weighted by atomic mass is 16.6. The summed E-state index contributed by atoms with van der Waals surface area (Å²) in [6.07, 6.45) is 0.807. The molecule has 3 rings (SSSR count). The Morgan fingerprint density at radius 2 is 1.81 bits per heavy atom. The molecular formula is C21H24N4O7. The maximum atomic E-state index is 11.4. The van der Waals surface area contributed by atoms with Gasteiger partial charge in [-0.1, -0.05) is 13.0 Å². The van der Waals surface area contributed by atoms with Crippen LogP contribution in [0.1, 0.15) is 31.0 Å². The Labute approximate surface area is 183 Å². The molecule has 2 aromatic rings. The van der Waals surface area contributed by atoms with E-state index in [-0.39, 0.29) is 23.1 Å². The molecule has 32 heavy (non-hydrogen) atoms. The number of methoxy groups -OCH3 is 1. The van der Waals surface area contributed by atoms with E-state index < -0.39 is 27.8 Å². The molecule has 3 unspecified atom stereocenters. The highest BCUT2D eigenvalue weighted by Gasteiger charge is 2.36. The van der Waals surface area contributed by atoms with E-state index in [0.29, 0.717) is 5.69 Å². The van der Waals surface area contributed by atoms with Gasteiger partial charge < -0.3 is 15.8 Å². The van der Waals surface area contributed by atoms with Gasteiger partial charge in [-0.15, -0.1) is 0 Å². The summed E-state index contributed by atoms with van der Waals surface area (Å²) in [7, 11) is 1.14. The van der Waals surface area contributed by atoms with Gasteiger partial charge in [0.25, 0.3) is 11.7 Å². The molecule has 1 amide bonds. The second-order valence-corrected chi connectivity index (χ2v) is 7.40. The zero-order valence-electron chi connectivity index (χ0n) is 17.8. The number of carbonyl (C=O) groups excluding carboxylic acids is 2. The highest BCUT2D eigenvalue weighted by molar-refractivity contribution is 5.96. The van der Waals surface area contributed by atoms with E-state index in [1.165, 1.54) is 24.6 Å². The molecule has 11 nitrogen and oxygen atoms in total. The van der Waals surface area contributed by atoms with E-state index in [4.69, 9.17) is 5.73 Å². The summed E-state index contributed by atoms with van der Waals surface area (Å²) in [4.78, 5) is 43.0. The van der Waals surface area contributed by atoms with Crippen LogP contribution in [-0.2, 0) is 20.7 Å². The van der Waals surface area contributed by atoms with Crippen LogP contribution in [0, 0.1) is 32.1 Å². The Morgan fingerprint density at radius 3 is 2.34 bits per heavy atom. The number of fused-ring (bicyclic) bond motifs is 1. The number of nitrogens with zero attached hydrogens (tertiary/aromatic N) is 2. The molecule has 0 radical (unpaired) electrons. The molecule has 0 fully saturated rings. The number of amides is 1. The van der Waals surface area contributed by atoms with Crippen LogP contribution in [-0.4, -0.2) is 28.8 Å². The van der Waals surface area contributed by atoms with Crippen molar-refractivity contribution in [1.82, 2.24) is 0 Å². The number of anilines is 2. The van der Waals surface area contributed by atoms with Gasteiger partial charge in [-0.3, -0.25) is 29.8 Å². The number of carbonyl (C=O) groups is 2. The average molecular weight is 444 g/mol. The van der Waals surface area contributed by atoms with Gasteiger partial charge in [-0.25, -0.2) is 0 Å². The van der Waals surface area contributed by atoms with Gasteiger partial charge in [0.1, 0.15) is 5.92 Å². The Hall–Kier alpha value is -4.02. The molecule has 1 aliphatic heterocycles. The summed E-state index contributed by atoms with van der Waals surface area (Å²) in [5, 5.41) is 24.4. The second-order valence-electron chi connectivity index (χ2n) is 7.40. The molecule has 3 atom stereocenters. The quantitative estimate of drug-likeness (QED) is 0.307. The van der Waals surface area contributed by atoms with Crippen molar-refractivity contribution in [2.45, 2.75) is 26.3 Å². The summed E-state index contributed by atoms with van der Waals surface area (Å²) in [6, 6.07) is 9.21. The first-order chi connectivity index (χ1) is 15.0. The van der Waals surface area contributed by atoms with Crippen LogP contribution in [0.15, 0.2) is 42.5 Å². The summed E-state index contributed by atoms with van der Waals surface area (Å²) < 4.78 is 4.47. The average Bonchev–Trinajstić information content (AvgIpc) is 2.75. The van der Waals surface area contributed by atoms with Crippen molar-refractivity contribution in [3.05, 3.63) is 73.8 Å². The van der Waals surface area contributed by atoms with E-state index in [2.05, 4.69) is 10.1 Å². The minimum atomic E-state index is -1.30. The number of nitro benzene ring substituents is 1. The molecule has 0 saturated carbocycles. The van der Waals surface area contributed by atoms with E-state index in [9.17, 15) is 29.8 Å². The van der Waals surface area contributed by atoms with Gasteiger partial charge >= 0.3 is 5.97 Å². The highest BCUT2D eigenvalue weighted by Crippen LogP contribution is 2.28. The van der Waals surface area contributed by atoms with Crippen LogP contribution in [0.5, 0.6) is 0 Å². The molecule has 3 N–H and O–H groups in total. The van der Waals surface area contributed by atoms with E-state index >= 15 is 0 Å². The molecule has 0 bridgehead atoms. The number of nitrogen functional groups attached to an aromatic ring is 1. The standard InChI is InChI=1S/C11H12N2O6.C10H12N2O/c1-7(11(14)19-2)10(13(17)18)8-3-5-9(6-4-8)12(15)16;1-6-4-7-2-3-8(11)5-9(7)12-10(6)13/h3-7,10H,1-2H3;2-3,5-6H,4,11H2,1H3,(H,12,13). The predicted octanol–water partition coefficient (Wildman–Crippen LogP) is 3.12. The number of nitrogens with one attached hydrogen (secondary N) is 1. The third-order valence-electron chi connectivity index (χ3n) is 5.08. The number of esters is 1. The van der Waals surface area contributed by atoms with Gasteiger partial charge in [0.15, 0.2) is 0 Å². The second kappa shape index (κ2) is 10.3. The van der Waals surface area contributed by atoms with Gasteiger partial charge in [0.05, 0.1) is 12.0 Å². The number of hydrogen-bond acceptors (Lipinski definition) is 8. The summed E-state index contributed by atoms with van der Waals surface area (Å²) in [6.45, 7) is 3.30. The fourth-order valence-electron chi connectivity index (χ4n) is 3.27. The fourth-order valence-corrected chi connectivity index (χ4v) is 3.27. The van der Waals surface area contributed by atoms with E-state index in [1.807, 2.05) is 19.1 Å². The first-order valence-electron chi connectivity index (χ1n) is 9.70.